The number of fused-ring (bicyclic) bond motifs is 2. The van der Waals surface area contributed by atoms with Crippen molar-refractivity contribution in [2.45, 2.75) is 31.2 Å². The van der Waals surface area contributed by atoms with Crippen molar-refractivity contribution < 1.29 is 33.4 Å². The quantitative estimate of drug-likeness (QED) is 0.0565. The van der Waals surface area contributed by atoms with Crippen molar-refractivity contribution in [3.8, 4) is 11.8 Å². The molecule has 3 fully saturated rings. The Hall–Kier alpha value is -5.82. The van der Waals surface area contributed by atoms with Crippen LogP contribution in [0.15, 0.2) is 58.4 Å². The predicted octanol–water partition coefficient (Wildman–Crippen LogP) is 2.94. The molecule has 3 aliphatic rings. The summed E-state index contributed by atoms with van der Waals surface area (Å²) < 4.78 is 20.7. The number of amides is 3. The van der Waals surface area contributed by atoms with Crippen molar-refractivity contribution in [1.29, 1.82) is 0 Å². The van der Waals surface area contributed by atoms with Crippen molar-refractivity contribution in [2.75, 3.05) is 111 Å². The number of nitrogens with zero attached hydrogens (tertiary/aromatic N) is 8. The number of piperidine rings is 1. The molecule has 358 valence electrons. The Kier molecular flexibility index (Phi) is 16.4. The molecular weight excluding hydrogens is 912 g/mol. The summed E-state index contributed by atoms with van der Waals surface area (Å²) in [7, 11) is 0. The molecular formula is C48H55FN10O7S2. The molecule has 8 rings (SSSR count). The molecule has 0 radical (unpaired) electrons. The molecule has 68 heavy (non-hydrogen) atoms. The average molecular weight is 967 g/mol. The van der Waals surface area contributed by atoms with E-state index in [2.05, 4.69) is 52.0 Å². The first-order valence-corrected chi connectivity index (χ1v) is 24.7. The maximum absolute atomic E-state index is 15.0. The largest absolute Gasteiger partial charge is 0.481 e. The number of piperazine rings is 2. The van der Waals surface area contributed by atoms with Crippen molar-refractivity contribution in [2.24, 2.45) is 5.92 Å². The van der Waals surface area contributed by atoms with Gasteiger partial charge in [-0.05, 0) is 68.6 Å². The van der Waals surface area contributed by atoms with Gasteiger partial charge in [-0.3, -0.25) is 28.9 Å². The number of carboxylic acids is 1. The fourth-order valence-corrected chi connectivity index (χ4v) is 10.6. The van der Waals surface area contributed by atoms with Crippen LogP contribution in [-0.4, -0.2) is 184 Å². The van der Waals surface area contributed by atoms with E-state index in [0.29, 0.717) is 84.5 Å². The monoisotopic (exact) mass is 966 g/mol. The van der Waals surface area contributed by atoms with Gasteiger partial charge in [0.1, 0.15) is 28.1 Å². The van der Waals surface area contributed by atoms with Gasteiger partial charge in [-0.25, -0.2) is 19.5 Å². The van der Waals surface area contributed by atoms with Gasteiger partial charge in [-0.1, -0.05) is 47.9 Å². The molecule has 3 aliphatic heterocycles. The summed E-state index contributed by atoms with van der Waals surface area (Å²) in [5, 5.41) is 21.2. The molecule has 3 N–H and O–H groups in total. The van der Waals surface area contributed by atoms with Gasteiger partial charge in [0, 0.05) is 82.6 Å². The molecule has 0 unspecified atom stereocenters. The first kappa shape index (κ1) is 48.6. The Bertz CT molecular complexity index is 2750. The molecule has 20 heteroatoms. The number of aryl methyl sites for hydroxylation is 1. The summed E-state index contributed by atoms with van der Waals surface area (Å²) in [5.41, 5.74) is 1.02. The molecule has 3 saturated heterocycles. The molecule has 17 nitrogen and oxygen atoms in total. The number of aliphatic carboxylic acids is 1. The highest BCUT2D eigenvalue weighted by molar-refractivity contribution is 8.00. The summed E-state index contributed by atoms with van der Waals surface area (Å²) >= 11 is 2.55. The van der Waals surface area contributed by atoms with Crippen LogP contribution in [0.1, 0.15) is 45.2 Å². The highest BCUT2D eigenvalue weighted by Crippen LogP contribution is 2.31. The van der Waals surface area contributed by atoms with Gasteiger partial charge in [0.25, 0.3) is 11.5 Å². The zero-order valence-corrected chi connectivity index (χ0v) is 39.6. The number of rotatable bonds is 16. The lowest BCUT2D eigenvalue weighted by atomic mass is 9.96. The van der Waals surface area contributed by atoms with Gasteiger partial charge in [0.05, 0.1) is 47.0 Å². The lowest BCUT2D eigenvalue weighted by molar-refractivity contribution is -0.135. The van der Waals surface area contributed by atoms with E-state index in [0.717, 1.165) is 92.1 Å². The van der Waals surface area contributed by atoms with Gasteiger partial charge in [0.2, 0.25) is 11.8 Å². The zero-order valence-electron chi connectivity index (χ0n) is 38.0. The minimum absolute atomic E-state index is 0.0199. The van der Waals surface area contributed by atoms with E-state index >= 15 is 4.39 Å². The molecule has 0 bridgehead atoms. The Labute approximate surface area is 401 Å². The number of benzene rings is 2. The second kappa shape index (κ2) is 23.0. The molecule has 2 aromatic carbocycles. The number of thioether (sulfide) groups is 1. The number of hydrogen-bond donors (Lipinski definition) is 3. The second-order valence-electron chi connectivity index (χ2n) is 17.3. The number of thiophene rings is 1. The third kappa shape index (κ3) is 12.8. The third-order valence-corrected chi connectivity index (χ3v) is 14.5. The van der Waals surface area contributed by atoms with Gasteiger partial charge in [-0.15, -0.1) is 11.3 Å². The van der Waals surface area contributed by atoms with E-state index < -0.39 is 17.7 Å². The number of ether oxygens (including phenoxy) is 1. The Morgan fingerprint density at radius 1 is 0.912 bits per heavy atom. The predicted molar refractivity (Wildman–Crippen MR) is 257 cm³/mol. The summed E-state index contributed by atoms with van der Waals surface area (Å²) in [6.07, 6.45) is 2.52. The van der Waals surface area contributed by atoms with Crippen molar-refractivity contribution in [3.63, 3.8) is 0 Å². The highest BCUT2D eigenvalue weighted by Gasteiger charge is 2.29. The van der Waals surface area contributed by atoms with E-state index in [1.165, 1.54) is 17.4 Å². The molecule has 5 aromatic rings. The van der Waals surface area contributed by atoms with E-state index in [-0.39, 0.29) is 41.8 Å². The van der Waals surface area contributed by atoms with E-state index in [9.17, 15) is 24.0 Å². The van der Waals surface area contributed by atoms with Gasteiger partial charge >= 0.3 is 5.97 Å². The molecule has 3 aromatic heterocycles. The fraction of sp³-hybridized carbons (Fsp3) is 0.458. The molecule has 3 amide bonds. The molecule has 6 heterocycles. The minimum atomic E-state index is -0.915. The Balaban J connectivity index is 0.675. The van der Waals surface area contributed by atoms with E-state index in [4.69, 9.17) is 9.84 Å². The maximum atomic E-state index is 15.0. The summed E-state index contributed by atoms with van der Waals surface area (Å²) in [6, 6.07) is 13.5. The van der Waals surface area contributed by atoms with Crippen LogP contribution < -0.4 is 10.9 Å². The standard InChI is InChI=1S/C48H55FN10O7S2/c1-32-51-46(67-31-44(62)63)39-27-35(68-47(39)52-32)5-4-12-50-42(60)30-66-24-23-55-13-10-33(11-14-55)28-56-15-17-57(18-16-56)29-43(61)58-19-21-59(22-20-58)48(65)38-25-34(8-9-40(38)49)26-41-36-6-2-3-7-37(36)45(64)54-53-41/h2-3,6-9,25,27,33H,10-24,26,28-31H2,1H3,(H,50,60)(H,54,64)(H,62,63). The van der Waals surface area contributed by atoms with Crippen LogP contribution in [0.3, 0.4) is 0 Å². The number of carbonyl (C=O) groups is 4. The summed E-state index contributed by atoms with van der Waals surface area (Å²) in [6.45, 7) is 11.4. The van der Waals surface area contributed by atoms with Crippen LogP contribution in [0, 0.1) is 30.5 Å². The van der Waals surface area contributed by atoms with Crippen LogP contribution in [0.2, 0.25) is 0 Å². The van der Waals surface area contributed by atoms with Gasteiger partial charge in [-0.2, -0.15) is 5.10 Å². The van der Waals surface area contributed by atoms with Gasteiger partial charge in [0.15, 0.2) is 0 Å². The number of hydrogen-bond acceptors (Lipinski definition) is 14. The Morgan fingerprint density at radius 3 is 2.41 bits per heavy atom. The SMILES string of the molecule is Cc1nc(SCC(=O)O)c2cc(C#CCNC(=O)COCCN3CCC(CN4CCN(CC(=O)N5CCN(C(=O)c6cc(Cc7n[nH]c(=O)c8ccccc78)ccc6F)CC5)CC4)CC3)sc2n1. The lowest BCUT2D eigenvalue weighted by Gasteiger charge is -2.40. The van der Waals surface area contributed by atoms with Crippen LogP contribution in [0.4, 0.5) is 4.39 Å². The van der Waals surface area contributed by atoms with Gasteiger partial charge < -0.3 is 34.8 Å². The van der Waals surface area contributed by atoms with Crippen LogP contribution in [-0.2, 0) is 25.5 Å². The third-order valence-electron chi connectivity index (χ3n) is 12.5. The average Bonchev–Trinajstić information content (AvgIpc) is 3.76. The van der Waals surface area contributed by atoms with Crippen molar-refractivity contribution >= 4 is 67.8 Å². The fourth-order valence-electron chi connectivity index (χ4n) is 8.84. The smallest absolute Gasteiger partial charge is 0.313 e. The van der Waals surface area contributed by atoms with Crippen LogP contribution in [0.25, 0.3) is 21.0 Å². The first-order chi connectivity index (χ1) is 32.9. The first-order valence-electron chi connectivity index (χ1n) is 22.9. The summed E-state index contributed by atoms with van der Waals surface area (Å²) in [4.78, 5) is 83.3. The van der Waals surface area contributed by atoms with Crippen LogP contribution in [0.5, 0.6) is 0 Å². The second-order valence-corrected chi connectivity index (χ2v) is 19.3. The number of halogens is 1. The number of aromatic amines is 1. The zero-order chi connectivity index (χ0) is 47.6. The van der Waals surface area contributed by atoms with Crippen molar-refractivity contribution in [3.05, 3.63) is 92.2 Å². The number of likely N-dealkylation sites (tertiary alicyclic amines) is 1. The number of H-pyrrole nitrogens is 1. The molecule has 0 spiro atoms. The summed E-state index contributed by atoms with van der Waals surface area (Å²) in [5.74, 6) is 4.98. The molecule has 0 atom stereocenters. The number of carboxylic acid groups (broad SMARTS) is 1. The molecule has 0 aliphatic carbocycles. The maximum Gasteiger partial charge on any atom is 0.313 e. The van der Waals surface area contributed by atoms with Crippen LogP contribution >= 0.6 is 23.1 Å². The number of nitrogens with one attached hydrogen (secondary N) is 2. The lowest BCUT2D eigenvalue weighted by Crippen LogP contribution is -2.55. The normalized spacial score (nSPS) is 16.5. The Morgan fingerprint density at radius 2 is 1.65 bits per heavy atom. The van der Waals surface area contributed by atoms with E-state index in [1.807, 2.05) is 18.2 Å². The minimum Gasteiger partial charge on any atom is -0.481 e. The number of carbonyl (C=O) groups excluding carboxylic acids is 3. The van der Waals surface area contributed by atoms with E-state index in [1.54, 1.807) is 41.0 Å². The van der Waals surface area contributed by atoms with Crippen molar-refractivity contribution in [1.82, 2.24) is 50.0 Å². The topological polar surface area (TPSA) is 197 Å². The number of aromatic nitrogens is 4. The molecule has 0 saturated carbocycles. The highest BCUT2D eigenvalue weighted by atomic mass is 32.2.